The zero-order valence-corrected chi connectivity index (χ0v) is 11.9. The number of nitrogens with zero attached hydrogens (tertiary/aromatic N) is 5. The second kappa shape index (κ2) is 5.58. The van der Waals surface area contributed by atoms with Crippen LogP contribution in [0.1, 0.15) is 17.0 Å². The quantitative estimate of drug-likeness (QED) is 0.842. The lowest BCUT2D eigenvalue weighted by atomic mass is 10.2. The highest BCUT2D eigenvalue weighted by atomic mass is 16.5. The molecular formula is C14H19N5O. The number of hydrogen-bond donors (Lipinski definition) is 0. The van der Waals surface area contributed by atoms with Crippen molar-refractivity contribution in [3.8, 4) is 0 Å². The molecule has 1 aliphatic heterocycles. The minimum atomic E-state index is 0.824. The van der Waals surface area contributed by atoms with Crippen LogP contribution in [0.3, 0.4) is 0 Å². The van der Waals surface area contributed by atoms with Gasteiger partial charge in [0.1, 0.15) is 5.76 Å². The van der Waals surface area contributed by atoms with E-state index in [1.807, 2.05) is 19.9 Å². The summed E-state index contributed by atoms with van der Waals surface area (Å²) < 4.78 is 5.22. The van der Waals surface area contributed by atoms with Crippen molar-refractivity contribution < 1.29 is 4.52 Å². The summed E-state index contributed by atoms with van der Waals surface area (Å²) >= 11 is 0. The largest absolute Gasteiger partial charge is 0.361 e. The third-order valence-corrected chi connectivity index (χ3v) is 3.77. The molecule has 0 atom stereocenters. The fourth-order valence-corrected chi connectivity index (χ4v) is 2.51. The summed E-state index contributed by atoms with van der Waals surface area (Å²) in [7, 11) is 0. The van der Waals surface area contributed by atoms with Crippen molar-refractivity contribution in [2.24, 2.45) is 0 Å². The molecule has 0 aromatic carbocycles. The van der Waals surface area contributed by atoms with E-state index in [2.05, 4.69) is 24.9 Å². The van der Waals surface area contributed by atoms with Crippen LogP contribution in [0.5, 0.6) is 0 Å². The average molecular weight is 273 g/mol. The summed E-state index contributed by atoms with van der Waals surface area (Å²) in [6.07, 6.45) is 3.58. The number of anilines is 1. The third-order valence-electron chi connectivity index (χ3n) is 3.77. The van der Waals surface area contributed by atoms with Crippen LogP contribution in [0, 0.1) is 13.8 Å². The molecule has 0 radical (unpaired) electrons. The molecule has 0 aliphatic carbocycles. The molecule has 0 bridgehead atoms. The van der Waals surface area contributed by atoms with Crippen LogP contribution in [0.15, 0.2) is 23.0 Å². The maximum Gasteiger partial charge on any atom is 0.225 e. The Morgan fingerprint density at radius 1 is 1.10 bits per heavy atom. The predicted molar refractivity (Wildman–Crippen MR) is 75.5 cm³/mol. The second-order valence-corrected chi connectivity index (χ2v) is 5.11. The topological polar surface area (TPSA) is 58.3 Å². The molecule has 106 valence electrons. The summed E-state index contributed by atoms with van der Waals surface area (Å²) in [5.74, 6) is 1.75. The molecule has 1 fully saturated rings. The second-order valence-electron chi connectivity index (χ2n) is 5.11. The van der Waals surface area contributed by atoms with E-state index in [9.17, 15) is 0 Å². The van der Waals surface area contributed by atoms with Crippen LogP contribution in [-0.2, 0) is 6.54 Å². The monoisotopic (exact) mass is 273 g/mol. The van der Waals surface area contributed by atoms with E-state index < -0.39 is 0 Å². The highest BCUT2D eigenvalue weighted by Gasteiger charge is 2.20. The van der Waals surface area contributed by atoms with Gasteiger partial charge in [-0.25, -0.2) is 9.97 Å². The van der Waals surface area contributed by atoms with E-state index >= 15 is 0 Å². The molecule has 0 spiro atoms. The van der Waals surface area contributed by atoms with Crippen molar-refractivity contribution in [3.05, 3.63) is 35.5 Å². The molecule has 2 aromatic rings. The molecule has 0 amide bonds. The summed E-state index contributed by atoms with van der Waals surface area (Å²) in [5.41, 5.74) is 2.21. The number of piperazine rings is 1. The molecular weight excluding hydrogens is 254 g/mol. The van der Waals surface area contributed by atoms with E-state index in [0.29, 0.717) is 0 Å². The first-order valence-corrected chi connectivity index (χ1v) is 6.90. The molecule has 2 aromatic heterocycles. The van der Waals surface area contributed by atoms with E-state index in [1.165, 1.54) is 5.56 Å². The Kier molecular flexibility index (Phi) is 3.64. The van der Waals surface area contributed by atoms with Crippen LogP contribution in [0.4, 0.5) is 5.95 Å². The highest BCUT2D eigenvalue weighted by molar-refractivity contribution is 5.29. The van der Waals surface area contributed by atoms with Crippen LogP contribution in [0.2, 0.25) is 0 Å². The van der Waals surface area contributed by atoms with Gasteiger partial charge in [-0.1, -0.05) is 5.16 Å². The number of aromatic nitrogens is 3. The van der Waals surface area contributed by atoms with E-state index in [1.54, 1.807) is 12.4 Å². The Morgan fingerprint density at radius 3 is 2.40 bits per heavy atom. The zero-order chi connectivity index (χ0) is 13.9. The molecule has 6 nitrogen and oxygen atoms in total. The van der Waals surface area contributed by atoms with Crippen LogP contribution < -0.4 is 4.90 Å². The maximum absolute atomic E-state index is 5.22. The Bertz CT molecular complexity index is 541. The lowest BCUT2D eigenvalue weighted by Gasteiger charge is -2.34. The minimum absolute atomic E-state index is 0.824. The van der Waals surface area contributed by atoms with Gasteiger partial charge in [0.15, 0.2) is 0 Å². The van der Waals surface area contributed by atoms with Crippen molar-refractivity contribution in [1.82, 2.24) is 20.0 Å². The van der Waals surface area contributed by atoms with Gasteiger partial charge in [0, 0.05) is 50.7 Å². The molecule has 0 unspecified atom stereocenters. The average Bonchev–Trinajstić information content (AvgIpc) is 2.81. The molecule has 0 N–H and O–H groups in total. The summed E-state index contributed by atoms with van der Waals surface area (Å²) in [6.45, 7) is 8.79. The van der Waals surface area contributed by atoms with Crippen molar-refractivity contribution in [2.75, 3.05) is 31.1 Å². The number of aryl methyl sites for hydroxylation is 2. The highest BCUT2D eigenvalue weighted by Crippen LogP contribution is 2.17. The van der Waals surface area contributed by atoms with Gasteiger partial charge in [-0.05, 0) is 19.9 Å². The molecule has 3 heterocycles. The van der Waals surface area contributed by atoms with Gasteiger partial charge in [0.05, 0.1) is 5.69 Å². The Balaban J connectivity index is 1.59. The van der Waals surface area contributed by atoms with Gasteiger partial charge < -0.3 is 9.42 Å². The summed E-state index contributed by atoms with van der Waals surface area (Å²) in [4.78, 5) is 13.3. The van der Waals surface area contributed by atoms with E-state index in [-0.39, 0.29) is 0 Å². The summed E-state index contributed by atoms with van der Waals surface area (Å²) in [5, 5.41) is 4.01. The predicted octanol–water partition coefficient (Wildman–Crippen LogP) is 1.40. The van der Waals surface area contributed by atoms with Crippen molar-refractivity contribution in [1.29, 1.82) is 0 Å². The Hall–Kier alpha value is -1.95. The van der Waals surface area contributed by atoms with Gasteiger partial charge in [-0.15, -0.1) is 0 Å². The van der Waals surface area contributed by atoms with Gasteiger partial charge in [-0.3, -0.25) is 4.90 Å². The van der Waals surface area contributed by atoms with Crippen LogP contribution in [-0.4, -0.2) is 46.2 Å². The third kappa shape index (κ3) is 2.65. The molecule has 1 saturated heterocycles. The maximum atomic E-state index is 5.22. The fourth-order valence-electron chi connectivity index (χ4n) is 2.51. The first kappa shape index (κ1) is 13.1. The van der Waals surface area contributed by atoms with Gasteiger partial charge in [0.25, 0.3) is 0 Å². The Labute approximate surface area is 118 Å². The fraction of sp³-hybridized carbons (Fsp3) is 0.500. The van der Waals surface area contributed by atoms with Gasteiger partial charge >= 0.3 is 0 Å². The standard InChI is InChI=1S/C14H19N5O/c1-11-13(12(2)20-17-11)10-18-6-8-19(9-7-18)14-15-4-3-5-16-14/h3-5H,6-10H2,1-2H3. The lowest BCUT2D eigenvalue weighted by molar-refractivity contribution is 0.247. The lowest BCUT2D eigenvalue weighted by Crippen LogP contribution is -2.46. The van der Waals surface area contributed by atoms with Gasteiger partial charge in [0.2, 0.25) is 5.95 Å². The SMILES string of the molecule is Cc1noc(C)c1CN1CCN(c2ncccn2)CC1. The molecule has 6 heteroatoms. The molecule has 20 heavy (non-hydrogen) atoms. The normalized spacial score (nSPS) is 16.6. The Morgan fingerprint density at radius 2 is 1.80 bits per heavy atom. The van der Waals surface area contributed by atoms with Crippen molar-refractivity contribution in [2.45, 2.75) is 20.4 Å². The molecule has 3 rings (SSSR count). The number of hydrogen-bond acceptors (Lipinski definition) is 6. The summed E-state index contributed by atoms with van der Waals surface area (Å²) in [6, 6.07) is 1.84. The minimum Gasteiger partial charge on any atom is -0.361 e. The molecule has 1 aliphatic rings. The van der Waals surface area contributed by atoms with Gasteiger partial charge in [-0.2, -0.15) is 0 Å². The smallest absolute Gasteiger partial charge is 0.225 e. The van der Waals surface area contributed by atoms with Crippen molar-refractivity contribution in [3.63, 3.8) is 0 Å². The van der Waals surface area contributed by atoms with Crippen LogP contribution in [0.25, 0.3) is 0 Å². The first-order chi connectivity index (χ1) is 9.74. The number of rotatable bonds is 3. The van der Waals surface area contributed by atoms with E-state index in [0.717, 1.165) is 50.1 Å². The van der Waals surface area contributed by atoms with Crippen molar-refractivity contribution >= 4 is 5.95 Å². The van der Waals surface area contributed by atoms with E-state index in [4.69, 9.17) is 4.52 Å². The van der Waals surface area contributed by atoms with Crippen LogP contribution >= 0.6 is 0 Å². The first-order valence-electron chi connectivity index (χ1n) is 6.90. The molecule has 0 saturated carbocycles. The zero-order valence-electron chi connectivity index (χ0n) is 11.9.